The molecule has 0 spiro atoms. The van der Waals surface area contributed by atoms with Crippen LogP contribution in [0.4, 0.5) is 8.78 Å². The van der Waals surface area contributed by atoms with Crippen LogP contribution in [0.15, 0.2) is 46.9 Å². The first-order valence-corrected chi connectivity index (χ1v) is 10.1. The van der Waals surface area contributed by atoms with Crippen LogP contribution >= 0.6 is 15.9 Å². The second-order valence-electron chi connectivity index (χ2n) is 6.92. The molecule has 9 heteroatoms. The molecule has 2 aromatic rings. The zero-order valence-corrected chi connectivity index (χ0v) is 17.8. The fraction of sp³-hybridized carbons (Fsp3) is 0.333. The van der Waals surface area contributed by atoms with Gasteiger partial charge in [-0.1, -0.05) is 28.1 Å². The largest absolute Gasteiger partial charge is 0.493 e. The fourth-order valence-corrected chi connectivity index (χ4v) is 3.78. The quantitative estimate of drug-likeness (QED) is 0.596. The highest BCUT2D eigenvalue weighted by molar-refractivity contribution is 9.10. The molecule has 0 aromatic heterocycles. The summed E-state index contributed by atoms with van der Waals surface area (Å²) in [5, 5.41) is 5.57. The van der Waals surface area contributed by atoms with Gasteiger partial charge >= 0.3 is 6.61 Å². The van der Waals surface area contributed by atoms with Crippen LogP contribution in [0.25, 0.3) is 0 Å². The molecule has 1 saturated carbocycles. The van der Waals surface area contributed by atoms with E-state index in [1.54, 1.807) is 0 Å². The standard InChI is InChI=1S/C21H21BrF2N2O4/c1-29-17-10-13(6-7-16(17)30-20(23)24)19(28)25-12-18(27)26-21(8-3-9-21)14-4-2-5-15(22)11-14/h2,4-7,10-11,20H,3,8-9,12H2,1H3,(H,25,28)(H,26,27). The molecule has 0 radical (unpaired) electrons. The molecular weight excluding hydrogens is 462 g/mol. The van der Waals surface area contributed by atoms with Gasteiger partial charge in [-0.3, -0.25) is 9.59 Å². The van der Waals surface area contributed by atoms with Gasteiger partial charge in [0.25, 0.3) is 5.91 Å². The van der Waals surface area contributed by atoms with Crippen LogP contribution in [0.1, 0.15) is 35.2 Å². The summed E-state index contributed by atoms with van der Waals surface area (Å²) in [4.78, 5) is 24.9. The van der Waals surface area contributed by atoms with E-state index in [4.69, 9.17) is 4.74 Å². The minimum Gasteiger partial charge on any atom is -0.493 e. The summed E-state index contributed by atoms with van der Waals surface area (Å²) in [5.74, 6) is -1.02. The van der Waals surface area contributed by atoms with E-state index in [0.29, 0.717) is 0 Å². The van der Waals surface area contributed by atoms with Crippen molar-refractivity contribution in [3.63, 3.8) is 0 Å². The van der Waals surface area contributed by atoms with Crippen LogP contribution in [0.3, 0.4) is 0 Å². The smallest absolute Gasteiger partial charge is 0.387 e. The summed E-state index contributed by atoms with van der Waals surface area (Å²) < 4.78 is 35.1. The molecule has 0 aliphatic heterocycles. The van der Waals surface area contributed by atoms with E-state index in [2.05, 4.69) is 31.3 Å². The SMILES string of the molecule is COc1cc(C(=O)NCC(=O)NC2(c3cccc(Br)c3)CCC2)ccc1OC(F)F. The van der Waals surface area contributed by atoms with Gasteiger partial charge in [0.2, 0.25) is 5.91 Å². The Balaban J connectivity index is 1.61. The molecule has 0 unspecified atom stereocenters. The summed E-state index contributed by atoms with van der Waals surface area (Å²) in [6.07, 6.45) is 2.66. The van der Waals surface area contributed by atoms with Gasteiger partial charge in [-0.15, -0.1) is 0 Å². The first kappa shape index (κ1) is 22.0. The maximum atomic E-state index is 12.5. The van der Waals surface area contributed by atoms with Crippen LogP contribution in [0.5, 0.6) is 11.5 Å². The highest BCUT2D eigenvalue weighted by Gasteiger charge is 2.40. The number of hydrogen-bond donors (Lipinski definition) is 2. The van der Waals surface area contributed by atoms with Crippen molar-refractivity contribution in [1.29, 1.82) is 0 Å². The molecule has 0 heterocycles. The van der Waals surface area contributed by atoms with Gasteiger partial charge in [0.15, 0.2) is 11.5 Å². The van der Waals surface area contributed by atoms with Crippen molar-refractivity contribution in [1.82, 2.24) is 10.6 Å². The van der Waals surface area contributed by atoms with Crippen molar-refractivity contribution < 1.29 is 27.8 Å². The van der Waals surface area contributed by atoms with Crippen molar-refractivity contribution >= 4 is 27.7 Å². The number of alkyl halides is 2. The van der Waals surface area contributed by atoms with E-state index < -0.39 is 18.1 Å². The third-order valence-corrected chi connectivity index (χ3v) is 5.51. The number of halogens is 3. The number of carbonyl (C=O) groups is 2. The van der Waals surface area contributed by atoms with Crippen LogP contribution in [-0.2, 0) is 10.3 Å². The molecule has 2 N–H and O–H groups in total. The summed E-state index contributed by atoms with van der Waals surface area (Å²) in [7, 11) is 1.28. The average Bonchev–Trinajstić information content (AvgIpc) is 2.68. The van der Waals surface area contributed by atoms with Gasteiger partial charge in [0.05, 0.1) is 19.2 Å². The fourth-order valence-electron chi connectivity index (χ4n) is 3.38. The van der Waals surface area contributed by atoms with E-state index in [1.165, 1.54) is 25.3 Å². The predicted molar refractivity (Wildman–Crippen MR) is 110 cm³/mol. The molecule has 30 heavy (non-hydrogen) atoms. The molecule has 6 nitrogen and oxygen atoms in total. The molecule has 2 amide bonds. The van der Waals surface area contributed by atoms with E-state index in [-0.39, 0.29) is 29.5 Å². The van der Waals surface area contributed by atoms with Crippen molar-refractivity contribution in [3.05, 3.63) is 58.1 Å². The highest BCUT2D eigenvalue weighted by Crippen LogP contribution is 2.41. The van der Waals surface area contributed by atoms with E-state index >= 15 is 0 Å². The normalized spacial score (nSPS) is 14.6. The first-order chi connectivity index (χ1) is 14.3. The molecule has 0 atom stereocenters. The minimum absolute atomic E-state index is 0.00419. The van der Waals surface area contributed by atoms with E-state index in [1.807, 2.05) is 24.3 Å². The van der Waals surface area contributed by atoms with Gasteiger partial charge < -0.3 is 20.1 Å². The van der Waals surface area contributed by atoms with Crippen molar-refractivity contribution in [2.45, 2.75) is 31.4 Å². The van der Waals surface area contributed by atoms with E-state index in [0.717, 1.165) is 29.3 Å². The number of amides is 2. The van der Waals surface area contributed by atoms with Crippen LogP contribution in [0, 0.1) is 0 Å². The second-order valence-corrected chi connectivity index (χ2v) is 7.84. The zero-order chi connectivity index (χ0) is 21.7. The number of carbonyl (C=O) groups excluding carboxylic acids is 2. The summed E-state index contributed by atoms with van der Waals surface area (Å²) in [6.45, 7) is -3.22. The molecule has 2 aromatic carbocycles. The molecule has 1 aliphatic rings. The number of methoxy groups -OCH3 is 1. The average molecular weight is 483 g/mol. The van der Waals surface area contributed by atoms with Crippen molar-refractivity contribution in [3.8, 4) is 11.5 Å². The highest BCUT2D eigenvalue weighted by atomic mass is 79.9. The number of hydrogen-bond acceptors (Lipinski definition) is 4. The molecule has 160 valence electrons. The van der Waals surface area contributed by atoms with Crippen LogP contribution in [0.2, 0.25) is 0 Å². The third kappa shape index (κ3) is 5.08. The monoisotopic (exact) mass is 482 g/mol. The Bertz CT molecular complexity index is 935. The maximum Gasteiger partial charge on any atom is 0.387 e. The Hall–Kier alpha value is -2.68. The Morgan fingerprint density at radius 2 is 1.93 bits per heavy atom. The Morgan fingerprint density at radius 3 is 2.53 bits per heavy atom. The lowest BCUT2D eigenvalue weighted by Crippen LogP contribution is -2.53. The number of nitrogens with one attached hydrogen (secondary N) is 2. The Morgan fingerprint density at radius 1 is 1.17 bits per heavy atom. The summed E-state index contributed by atoms with van der Waals surface area (Å²) in [6, 6.07) is 11.6. The molecule has 3 rings (SSSR count). The number of rotatable bonds is 8. The summed E-state index contributed by atoms with van der Waals surface area (Å²) >= 11 is 3.45. The summed E-state index contributed by atoms with van der Waals surface area (Å²) in [5.41, 5.74) is 0.747. The van der Waals surface area contributed by atoms with Gasteiger partial charge in [0, 0.05) is 10.0 Å². The maximum absolute atomic E-state index is 12.5. The van der Waals surface area contributed by atoms with Crippen LogP contribution < -0.4 is 20.1 Å². The molecular formula is C21H21BrF2N2O4. The lowest BCUT2D eigenvalue weighted by atomic mass is 9.72. The number of benzene rings is 2. The lowest BCUT2D eigenvalue weighted by Gasteiger charge is -2.43. The van der Waals surface area contributed by atoms with Gasteiger partial charge in [-0.25, -0.2) is 0 Å². The molecule has 1 fully saturated rings. The van der Waals surface area contributed by atoms with Crippen molar-refractivity contribution in [2.24, 2.45) is 0 Å². The molecule has 0 bridgehead atoms. The van der Waals surface area contributed by atoms with Crippen molar-refractivity contribution in [2.75, 3.05) is 13.7 Å². The van der Waals surface area contributed by atoms with Gasteiger partial charge in [0.1, 0.15) is 0 Å². The van der Waals surface area contributed by atoms with Gasteiger partial charge in [-0.2, -0.15) is 8.78 Å². The second kappa shape index (κ2) is 9.42. The van der Waals surface area contributed by atoms with E-state index in [9.17, 15) is 18.4 Å². The van der Waals surface area contributed by atoms with Crippen LogP contribution in [-0.4, -0.2) is 32.1 Å². The first-order valence-electron chi connectivity index (χ1n) is 9.31. The number of ether oxygens (including phenoxy) is 2. The Kier molecular flexibility index (Phi) is 6.91. The third-order valence-electron chi connectivity index (χ3n) is 5.01. The zero-order valence-electron chi connectivity index (χ0n) is 16.2. The lowest BCUT2D eigenvalue weighted by molar-refractivity contribution is -0.123. The Labute approximate surface area is 181 Å². The molecule has 1 aliphatic carbocycles. The van der Waals surface area contributed by atoms with Gasteiger partial charge in [-0.05, 0) is 55.2 Å². The minimum atomic E-state index is -3.01. The molecule has 0 saturated heterocycles. The topological polar surface area (TPSA) is 76.7 Å². The predicted octanol–water partition coefficient (Wildman–Crippen LogP) is 3.98.